The van der Waals surface area contributed by atoms with E-state index in [0.29, 0.717) is 24.7 Å². The third kappa shape index (κ3) is 4.98. The molecule has 0 unspecified atom stereocenters. The number of hydrogen-bond acceptors (Lipinski definition) is 5. The van der Waals surface area contributed by atoms with Crippen LogP contribution in [0, 0.1) is 0 Å². The number of nitrogens with zero attached hydrogens (tertiary/aromatic N) is 4. The number of hydrogen-bond donors (Lipinski definition) is 1. The standard InChI is InChI=1S/C23H25N5O2S/c1-27-12-6-9-18(27)15-21-25-26-23(28(21)13-14-30-2)31-16-22(29)24-20-11-5-8-17-7-3-4-10-19(17)20/h3-12H,13-16H2,1-2H3,(H,24,29). The van der Waals surface area contributed by atoms with Crippen molar-refractivity contribution in [1.29, 1.82) is 0 Å². The zero-order valence-corrected chi connectivity index (χ0v) is 18.4. The van der Waals surface area contributed by atoms with Gasteiger partial charge in [0.25, 0.3) is 0 Å². The Bertz CT molecular complexity index is 1180. The van der Waals surface area contributed by atoms with Crippen LogP contribution in [0.5, 0.6) is 0 Å². The molecule has 2 heterocycles. The second-order valence-electron chi connectivity index (χ2n) is 7.19. The summed E-state index contributed by atoms with van der Waals surface area (Å²) < 4.78 is 9.36. The Morgan fingerprint density at radius 1 is 1.10 bits per heavy atom. The van der Waals surface area contributed by atoms with E-state index in [2.05, 4.69) is 26.1 Å². The number of thioether (sulfide) groups is 1. The molecular weight excluding hydrogens is 410 g/mol. The van der Waals surface area contributed by atoms with Gasteiger partial charge in [-0.15, -0.1) is 10.2 Å². The molecule has 160 valence electrons. The lowest BCUT2D eigenvalue weighted by Crippen LogP contribution is -2.16. The number of carbonyl (C=O) groups is 1. The predicted molar refractivity (Wildman–Crippen MR) is 123 cm³/mol. The first kappa shape index (κ1) is 21.1. The predicted octanol–water partition coefficient (Wildman–Crippen LogP) is 3.74. The van der Waals surface area contributed by atoms with Crippen molar-refractivity contribution in [3.05, 3.63) is 72.3 Å². The molecule has 4 rings (SSSR count). The van der Waals surface area contributed by atoms with Crippen LogP contribution in [0.25, 0.3) is 10.8 Å². The Morgan fingerprint density at radius 2 is 1.94 bits per heavy atom. The van der Waals surface area contributed by atoms with Crippen LogP contribution in [0.1, 0.15) is 11.5 Å². The SMILES string of the molecule is COCCn1c(Cc2cccn2C)nnc1SCC(=O)Nc1cccc2ccccc12. The second-order valence-corrected chi connectivity index (χ2v) is 8.14. The van der Waals surface area contributed by atoms with Gasteiger partial charge in [0, 0.05) is 50.1 Å². The average molecular weight is 436 g/mol. The van der Waals surface area contributed by atoms with Crippen LogP contribution in [0.4, 0.5) is 5.69 Å². The van der Waals surface area contributed by atoms with E-state index >= 15 is 0 Å². The minimum Gasteiger partial charge on any atom is -0.383 e. The van der Waals surface area contributed by atoms with E-state index in [4.69, 9.17) is 4.74 Å². The molecule has 0 saturated heterocycles. The first-order valence-corrected chi connectivity index (χ1v) is 11.1. The lowest BCUT2D eigenvalue weighted by molar-refractivity contribution is -0.113. The van der Waals surface area contributed by atoms with E-state index in [9.17, 15) is 4.79 Å². The molecule has 2 aromatic carbocycles. The number of fused-ring (bicyclic) bond motifs is 1. The highest BCUT2D eigenvalue weighted by atomic mass is 32.2. The molecule has 8 heteroatoms. The van der Waals surface area contributed by atoms with Crippen LogP contribution < -0.4 is 5.32 Å². The second kappa shape index (κ2) is 9.80. The summed E-state index contributed by atoms with van der Waals surface area (Å²) in [5.41, 5.74) is 1.96. The topological polar surface area (TPSA) is 74.0 Å². The Kier molecular flexibility index (Phi) is 6.69. The molecule has 2 aromatic heterocycles. The van der Waals surface area contributed by atoms with Gasteiger partial charge in [-0.3, -0.25) is 4.79 Å². The van der Waals surface area contributed by atoms with E-state index in [1.807, 2.05) is 66.3 Å². The van der Waals surface area contributed by atoms with Gasteiger partial charge >= 0.3 is 0 Å². The summed E-state index contributed by atoms with van der Waals surface area (Å²) >= 11 is 1.38. The lowest BCUT2D eigenvalue weighted by atomic mass is 10.1. The van der Waals surface area contributed by atoms with Crippen LogP contribution in [-0.4, -0.2) is 44.7 Å². The third-order valence-electron chi connectivity index (χ3n) is 5.10. The normalized spacial score (nSPS) is 11.2. The molecule has 0 radical (unpaired) electrons. The van der Waals surface area contributed by atoms with Crippen molar-refractivity contribution in [1.82, 2.24) is 19.3 Å². The van der Waals surface area contributed by atoms with E-state index in [1.54, 1.807) is 7.11 Å². The van der Waals surface area contributed by atoms with Gasteiger partial charge in [0.05, 0.1) is 12.4 Å². The summed E-state index contributed by atoms with van der Waals surface area (Å²) in [7, 11) is 3.68. The molecule has 31 heavy (non-hydrogen) atoms. The number of ether oxygens (including phenoxy) is 1. The van der Waals surface area contributed by atoms with Gasteiger partial charge in [-0.05, 0) is 23.6 Å². The summed E-state index contributed by atoms with van der Waals surface area (Å²) in [6.45, 7) is 1.18. The van der Waals surface area contributed by atoms with E-state index < -0.39 is 0 Å². The average Bonchev–Trinajstić information content (AvgIpc) is 3.37. The molecular formula is C23H25N5O2S. The Balaban J connectivity index is 1.45. The highest BCUT2D eigenvalue weighted by Crippen LogP contribution is 2.24. The Morgan fingerprint density at radius 3 is 2.74 bits per heavy atom. The largest absolute Gasteiger partial charge is 0.383 e. The van der Waals surface area contributed by atoms with Crippen molar-refractivity contribution in [2.24, 2.45) is 7.05 Å². The number of methoxy groups -OCH3 is 1. The van der Waals surface area contributed by atoms with Crippen molar-refractivity contribution < 1.29 is 9.53 Å². The molecule has 1 N–H and O–H groups in total. The number of benzene rings is 2. The van der Waals surface area contributed by atoms with Gasteiger partial charge in [-0.1, -0.05) is 48.2 Å². The quantitative estimate of drug-likeness (QED) is 0.406. The molecule has 0 bridgehead atoms. The molecule has 0 saturated carbocycles. The third-order valence-corrected chi connectivity index (χ3v) is 6.07. The van der Waals surface area contributed by atoms with Crippen molar-refractivity contribution in [3.8, 4) is 0 Å². The number of rotatable bonds is 9. The maximum atomic E-state index is 12.6. The van der Waals surface area contributed by atoms with Gasteiger partial charge in [-0.25, -0.2) is 0 Å². The summed E-state index contributed by atoms with van der Waals surface area (Å²) in [5, 5.41) is 14.6. The highest BCUT2D eigenvalue weighted by Gasteiger charge is 2.16. The molecule has 0 atom stereocenters. The minimum atomic E-state index is -0.0772. The summed E-state index contributed by atoms with van der Waals surface area (Å²) in [6.07, 6.45) is 2.68. The summed E-state index contributed by atoms with van der Waals surface area (Å²) in [5.74, 6) is 1.03. The van der Waals surface area contributed by atoms with Crippen LogP contribution >= 0.6 is 11.8 Å². The first-order valence-electron chi connectivity index (χ1n) is 10.1. The van der Waals surface area contributed by atoms with Crippen LogP contribution in [0.15, 0.2) is 66.0 Å². The highest BCUT2D eigenvalue weighted by molar-refractivity contribution is 7.99. The van der Waals surface area contributed by atoms with Gasteiger partial charge < -0.3 is 19.2 Å². The monoisotopic (exact) mass is 435 g/mol. The smallest absolute Gasteiger partial charge is 0.234 e. The van der Waals surface area contributed by atoms with Crippen LogP contribution in [-0.2, 0) is 29.5 Å². The molecule has 4 aromatic rings. The Labute approximate surface area is 185 Å². The number of carbonyl (C=O) groups excluding carboxylic acids is 1. The molecule has 0 spiro atoms. The number of anilines is 1. The number of aromatic nitrogens is 4. The van der Waals surface area contributed by atoms with E-state index in [-0.39, 0.29) is 11.7 Å². The van der Waals surface area contributed by atoms with Crippen molar-refractivity contribution in [3.63, 3.8) is 0 Å². The molecule has 0 fully saturated rings. The van der Waals surface area contributed by atoms with E-state index in [0.717, 1.165) is 28.0 Å². The van der Waals surface area contributed by atoms with Gasteiger partial charge in [0.1, 0.15) is 5.82 Å². The summed E-state index contributed by atoms with van der Waals surface area (Å²) in [4.78, 5) is 12.6. The minimum absolute atomic E-state index is 0.0772. The van der Waals surface area contributed by atoms with Crippen molar-refractivity contribution in [2.75, 3.05) is 24.8 Å². The van der Waals surface area contributed by atoms with Gasteiger partial charge in [0.2, 0.25) is 5.91 Å². The van der Waals surface area contributed by atoms with Crippen LogP contribution in [0.3, 0.4) is 0 Å². The van der Waals surface area contributed by atoms with Crippen LogP contribution in [0.2, 0.25) is 0 Å². The van der Waals surface area contributed by atoms with Gasteiger partial charge in [-0.2, -0.15) is 0 Å². The van der Waals surface area contributed by atoms with Crippen molar-refractivity contribution >= 4 is 34.1 Å². The fourth-order valence-corrected chi connectivity index (χ4v) is 4.24. The summed E-state index contributed by atoms with van der Waals surface area (Å²) in [6, 6.07) is 18.0. The maximum Gasteiger partial charge on any atom is 0.234 e. The van der Waals surface area contributed by atoms with Gasteiger partial charge in [0.15, 0.2) is 5.16 Å². The zero-order valence-electron chi connectivity index (χ0n) is 17.6. The first-order chi connectivity index (χ1) is 15.2. The molecule has 0 aliphatic carbocycles. The number of aryl methyl sites for hydroxylation is 1. The maximum absolute atomic E-state index is 12.6. The van der Waals surface area contributed by atoms with E-state index in [1.165, 1.54) is 11.8 Å². The lowest BCUT2D eigenvalue weighted by Gasteiger charge is -2.11. The molecule has 1 amide bonds. The van der Waals surface area contributed by atoms with Crippen molar-refractivity contribution in [2.45, 2.75) is 18.1 Å². The fourth-order valence-electron chi connectivity index (χ4n) is 3.46. The molecule has 0 aliphatic rings. The number of amides is 1. The fraction of sp³-hybridized carbons (Fsp3) is 0.261. The molecule has 7 nitrogen and oxygen atoms in total. The zero-order chi connectivity index (χ0) is 21.6. The Hall–Kier alpha value is -3.10. The number of nitrogens with one attached hydrogen (secondary N) is 1. The molecule has 0 aliphatic heterocycles.